The second kappa shape index (κ2) is 6.53. The fourth-order valence-corrected chi connectivity index (χ4v) is 4.37. The fourth-order valence-electron chi connectivity index (χ4n) is 2.61. The molecule has 2 aromatic rings. The van der Waals surface area contributed by atoms with Gasteiger partial charge in [-0.25, -0.2) is 0 Å². The number of aryl methyl sites for hydroxylation is 1. The van der Waals surface area contributed by atoms with Gasteiger partial charge in [0.1, 0.15) is 5.37 Å². The van der Waals surface area contributed by atoms with Gasteiger partial charge in [0, 0.05) is 23.4 Å². The van der Waals surface area contributed by atoms with E-state index in [1.165, 1.54) is 0 Å². The molecule has 0 spiro atoms. The van der Waals surface area contributed by atoms with Crippen molar-refractivity contribution in [3.8, 4) is 0 Å². The van der Waals surface area contributed by atoms with E-state index in [-0.39, 0.29) is 11.3 Å². The van der Waals surface area contributed by atoms with Gasteiger partial charge < -0.3 is 4.90 Å². The maximum Gasteiger partial charge on any atom is 0.255 e. The van der Waals surface area contributed by atoms with Crippen LogP contribution in [-0.4, -0.2) is 23.1 Å². The number of nitrogens with zero attached hydrogens (tertiary/aromatic N) is 1. The molecule has 2 nitrogen and oxygen atoms in total. The Balaban J connectivity index is 1.95. The van der Waals surface area contributed by atoms with Gasteiger partial charge in [0.2, 0.25) is 0 Å². The molecule has 0 aromatic heterocycles. The molecule has 5 heteroatoms. The van der Waals surface area contributed by atoms with Crippen molar-refractivity contribution in [2.75, 3.05) is 12.3 Å². The number of rotatable bonds is 2. The van der Waals surface area contributed by atoms with E-state index in [0.29, 0.717) is 16.6 Å². The summed E-state index contributed by atoms with van der Waals surface area (Å²) in [5.74, 6) is 0.939. The summed E-state index contributed by atoms with van der Waals surface area (Å²) in [5, 5.41) is 0.972. The first kappa shape index (κ1) is 15.7. The Bertz CT molecular complexity index is 720. The highest BCUT2D eigenvalue weighted by molar-refractivity contribution is 7.99. The van der Waals surface area contributed by atoms with E-state index in [0.717, 1.165) is 22.4 Å². The normalized spacial score (nSPS) is 17.8. The molecule has 0 bridgehead atoms. The predicted octanol–water partition coefficient (Wildman–Crippen LogP) is 5.19. The molecule has 1 saturated heterocycles. The second-order valence-electron chi connectivity index (χ2n) is 5.18. The first-order chi connectivity index (χ1) is 10.6. The maximum atomic E-state index is 12.9. The van der Waals surface area contributed by atoms with Gasteiger partial charge >= 0.3 is 0 Å². The summed E-state index contributed by atoms with van der Waals surface area (Å²) in [5.41, 5.74) is 2.63. The van der Waals surface area contributed by atoms with Crippen molar-refractivity contribution in [3.05, 3.63) is 69.2 Å². The summed E-state index contributed by atoms with van der Waals surface area (Å²) in [6.07, 6.45) is 0. The molecule has 3 rings (SSSR count). The van der Waals surface area contributed by atoms with Crippen molar-refractivity contribution in [1.82, 2.24) is 4.90 Å². The van der Waals surface area contributed by atoms with Crippen LogP contribution < -0.4 is 0 Å². The number of hydrogen-bond donors (Lipinski definition) is 0. The van der Waals surface area contributed by atoms with Crippen molar-refractivity contribution < 1.29 is 4.79 Å². The van der Waals surface area contributed by atoms with Gasteiger partial charge in [-0.2, -0.15) is 0 Å². The van der Waals surface area contributed by atoms with Crippen molar-refractivity contribution in [2.45, 2.75) is 12.3 Å². The lowest BCUT2D eigenvalue weighted by Crippen LogP contribution is -2.31. The lowest BCUT2D eigenvalue weighted by Gasteiger charge is -2.25. The smallest absolute Gasteiger partial charge is 0.255 e. The quantitative estimate of drug-likeness (QED) is 0.741. The zero-order chi connectivity index (χ0) is 15.7. The summed E-state index contributed by atoms with van der Waals surface area (Å²) in [4.78, 5) is 14.8. The molecule has 114 valence electrons. The summed E-state index contributed by atoms with van der Waals surface area (Å²) < 4.78 is 0. The second-order valence-corrected chi connectivity index (χ2v) is 7.15. The zero-order valence-electron chi connectivity index (χ0n) is 12.1. The number of thioether (sulfide) groups is 1. The highest BCUT2D eigenvalue weighted by Gasteiger charge is 2.33. The third kappa shape index (κ3) is 2.85. The average Bonchev–Trinajstić information content (AvgIpc) is 2.99. The van der Waals surface area contributed by atoms with Crippen LogP contribution in [0.3, 0.4) is 0 Å². The Morgan fingerprint density at radius 2 is 1.95 bits per heavy atom. The molecule has 0 saturated carbocycles. The van der Waals surface area contributed by atoms with E-state index in [1.54, 1.807) is 17.8 Å². The Hall–Kier alpha value is -1.16. The number of carbonyl (C=O) groups is 1. The standard InChI is InChI=1S/C17H15Cl2NOS/c1-11-5-2-3-6-12(11)16(21)20-9-10-22-17(20)13-7-4-8-14(18)15(13)19/h2-8,17H,9-10H2,1H3. The Kier molecular flexibility index (Phi) is 4.67. The van der Waals surface area contributed by atoms with Gasteiger partial charge in [0.05, 0.1) is 10.0 Å². The molecule has 1 aliphatic rings. The average molecular weight is 352 g/mol. The van der Waals surface area contributed by atoms with Crippen LogP contribution in [0.25, 0.3) is 0 Å². The molecule has 1 unspecified atom stereocenters. The van der Waals surface area contributed by atoms with Crippen molar-refractivity contribution in [2.24, 2.45) is 0 Å². The lowest BCUT2D eigenvalue weighted by atomic mass is 10.1. The molecule has 1 amide bonds. The molecule has 22 heavy (non-hydrogen) atoms. The molecule has 0 aliphatic carbocycles. The minimum absolute atomic E-state index is 0.0455. The number of carbonyl (C=O) groups excluding carboxylic acids is 1. The fraction of sp³-hybridized carbons (Fsp3) is 0.235. The molecule has 0 radical (unpaired) electrons. The molecular formula is C17H15Cl2NOS. The topological polar surface area (TPSA) is 20.3 Å². The SMILES string of the molecule is Cc1ccccc1C(=O)N1CCSC1c1cccc(Cl)c1Cl. The minimum atomic E-state index is -0.0849. The van der Waals surface area contributed by atoms with Crippen LogP contribution >= 0.6 is 35.0 Å². The van der Waals surface area contributed by atoms with Gasteiger partial charge in [-0.05, 0) is 24.6 Å². The van der Waals surface area contributed by atoms with Crippen LogP contribution in [0, 0.1) is 6.92 Å². The minimum Gasteiger partial charge on any atom is -0.322 e. The van der Waals surface area contributed by atoms with E-state index in [9.17, 15) is 4.79 Å². The van der Waals surface area contributed by atoms with Crippen LogP contribution in [0.4, 0.5) is 0 Å². The first-order valence-electron chi connectivity index (χ1n) is 7.01. The van der Waals surface area contributed by atoms with Crippen molar-refractivity contribution >= 4 is 40.9 Å². The maximum absolute atomic E-state index is 12.9. The molecule has 1 aliphatic heterocycles. The first-order valence-corrected chi connectivity index (χ1v) is 8.82. The molecular weight excluding hydrogens is 337 g/mol. The van der Waals surface area contributed by atoms with E-state index in [1.807, 2.05) is 48.2 Å². The predicted molar refractivity (Wildman–Crippen MR) is 93.9 cm³/mol. The zero-order valence-corrected chi connectivity index (χ0v) is 14.4. The molecule has 1 atom stereocenters. The highest BCUT2D eigenvalue weighted by atomic mass is 35.5. The molecule has 1 heterocycles. The van der Waals surface area contributed by atoms with Crippen molar-refractivity contribution in [1.29, 1.82) is 0 Å². The van der Waals surface area contributed by atoms with Gasteiger partial charge in [0.25, 0.3) is 5.91 Å². The van der Waals surface area contributed by atoms with Crippen LogP contribution in [0.1, 0.15) is 26.9 Å². The Morgan fingerprint density at radius 3 is 2.73 bits per heavy atom. The molecule has 2 aromatic carbocycles. The number of benzene rings is 2. The summed E-state index contributed by atoms with van der Waals surface area (Å²) in [6, 6.07) is 13.2. The molecule has 1 fully saturated rings. The third-order valence-electron chi connectivity index (χ3n) is 3.77. The van der Waals surface area contributed by atoms with Gasteiger partial charge in [-0.15, -0.1) is 11.8 Å². The number of hydrogen-bond acceptors (Lipinski definition) is 2. The van der Waals surface area contributed by atoms with Crippen molar-refractivity contribution in [3.63, 3.8) is 0 Å². The van der Waals surface area contributed by atoms with Gasteiger partial charge in [-0.3, -0.25) is 4.79 Å². The van der Waals surface area contributed by atoms with Crippen LogP contribution in [0.5, 0.6) is 0 Å². The third-order valence-corrected chi connectivity index (χ3v) is 5.85. The van der Waals surface area contributed by atoms with Crippen LogP contribution in [0.15, 0.2) is 42.5 Å². The highest BCUT2D eigenvalue weighted by Crippen LogP contribution is 2.43. The number of halogens is 2. The number of amides is 1. The van der Waals surface area contributed by atoms with E-state index < -0.39 is 0 Å². The van der Waals surface area contributed by atoms with E-state index >= 15 is 0 Å². The Labute approximate surface area is 144 Å². The Morgan fingerprint density at radius 1 is 1.18 bits per heavy atom. The largest absolute Gasteiger partial charge is 0.322 e. The summed E-state index contributed by atoms with van der Waals surface area (Å²) in [6.45, 7) is 2.67. The summed E-state index contributed by atoms with van der Waals surface area (Å²) >= 11 is 14.2. The monoisotopic (exact) mass is 351 g/mol. The van der Waals surface area contributed by atoms with Gasteiger partial charge in [-0.1, -0.05) is 53.5 Å². The van der Waals surface area contributed by atoms with Crippen LogP contribution in [-0.2, 0) is 0 Å². The molecule has 0 N–H and O–H groups in total. The van der Waals surface area contributed by atoms with E-state index in [2.05, 4.69) is 0 Å². The lowest BCUT2D eigenvalue weighted by molar-refractivity contribution is 0.0759. The van der Waals surface area contributed by atoms with Crippen LogP contribution in [0.2, 0.25) is 10.0 Å². The van der Waals surface area contributed by atoms with E-state index in [4.69, 9.17) is 23.2 Å². The summed E-state index contributed by atoms with van der Waals surface area (Å²) in [7, 11) is 0. The van der Waals surface area contributed by atoms with Gasteiger partial charge in [0.15, 0.2) is 0 Å².